The van der Waals surface area contributed by atoms with Gasteiger partial charge in [-0.05, 0) is 73.9 Å². The number of hydrogen-bond acceptors (Lipinski definition) is 10. The predicted octanol–water partition coefficient (Wildman–Crippen LogP) is 5.97. The first-order valence-electron chi connectivity index (χ1n) is 21.4. The summed E-state index contributed by atoms with van der Waals surface area (Å²) in [7, 11) is 1.81. The first kappa shape index (κ1) is 40.5. The largest absolute Gasteiger partial charge is 0.385 e. The molecule has 318 valence electrons. The van der Waals surface area contributed by atoms with Crippen LogP contribution in [0.3, 0.4) is 0 Å². The molecule has 4 aromatic rings. The lowest BCUT2D eigenvalue weighted by Gasteiger charge is -2.58. The number of hydrogen-bond donors (Lipinski definition) is 3. The van der Waals surface area contributed by atoms with Crippen LogP contribution in [0.2, 0.25) is 5.02 Å². The molecule has 1 saturated carbocycles. The Labute approximate surface area is 353 Å². The fraction of sp³-hybridized carbons (Fsp3) is 0.523. The minimum atomic E-state index is -2.82. The lowest BCUT2D eigenvalue weighted by atomic mass is 9.68. The van der Waals surface area contributed by atoms with E-state index in [4.69, 9.17) is 22.4 Å². The number of alkyl halides is 2. The maximum absolute atomic E-state index is 15.9. The van der Waals surface area contributed by atoms with Crippen molar-refractivity contribution in [3.8, 4) is 0 Å². The molecule has 0 radical (unpaired) electrons. The van der Waals surface area contributed by atoms with Crippen LogP contribution in [0, 0.1) is 11.3 Å². The van der Waals surface area contributed by atoms with Crippen LogP contribution in [0.15, 0.2) is 48.7 Å². The van der Waals surface area contributed by atoms with Crippen LogP contribution in [0.25, 0.3) is 5.65 Å². The molecule has 1 aliphatic carbocycles. The molecule has 60 heavy (non-hydrogen) atoms. The minimum Gasteiger partial charge on any atom is -0.385 e. The Bertz CT molecular complexity index is 2300. The molecular formula is C44H53ClF2N10O3. The summed E-state index contributed by atoms with van der Waals surface area (Å²) in [6, 6.07) is 13.7. The minimum absolute atomic E-state index is 0.224. The van der Waals surface area contributed by atoms with E-state index in [9.17, 15) is 14.4 Å². The number of carbonyl (C=O) groups is 3. The maximum Gasteiger partial charge on any atom is 0.269 e. The Hall–Kier alpha value is -4.86. The van der Waals surface area contributed by atoms with Gasteiger partial charge < -0.3 is 25.8 Å². The van der Waals surface area contributed by atoms with Gasteiger partial charge in [0, 0.05) is 87.3 Å². The van der Waals surface area contributed by atoms with E-state index in [2.05, 4.69) is 48.5 Å². The first-order chi connectivity index (χ1) is 28.9. The van der Waals surface area contributed by atoms with E-state index in [1.807, 2.05) is 30.1 Å². The highest BCUT2D eigenvalue weighted by Gasteiger charge is 2.62. The van der Waals surface area contributed by atoms with E-state index in [0.29, 0.717) is 67.0 Å². The zero-order chi connectivity index (χ0) is 41.8. The molecule has 1 unspecified atom stereocenters. The highest BCUT2D eigenvalue weighted by Crippen LogP contribution is 2.51. The molecule has 4 saturated heterocycles. The van der Waals surface area contributed by atoms with Crippen LogP contribution in [0.4, 0.5) is 31.7 Å². The molecule has 5 fully saturated rings. The molecule has 10 rings (SSSR count). The lowest BCUT2D eigenvalue weighted by Crippen LogP contribution is -2.70. The molecule has 7 heterocycles. The number of imidazole rings is 1. The predicted molar refractivity (Wildman–Crippen MR) is 227 cm³/mol. The number of fused-ring (bicyclic) bond motifs is 2. The zero-order valence-corrected chi connectivity index (χ0v) is 34.8. The van der Waals surface area contributed by atoms with Crippen molar-refractivity contribution in [3.05, 3.63) is 76.1 Å². The van der Waals surface area contributed by atoms with Crippen molar-refractivity contribution >= 4 is 57.8 Å². The Kier molecular flexibility index (Phi) is 10.9. The van der Waals surface area contributed by atoms with Gasteiger partial charge in [0.25, 0.3) is 11.8 Å². The van der Waals surface area contributed by atoms with Crippen LogP contribution >= 0.6 is 11.6 Å². The maximum atomic E-state index is 15.9. The van der Waals surface area contributed by atoms with Crippen molar-refractivity contribution in [2.24, 2.45) is 17.1 Å². The highest BCUT2D eigenvalue weighted by atomic mass is 35.5. The van der Waals surface area contributed by atoms with Crippen LogP contribution in [-0.2, 0) is 22.6 Å². The van der Waals surface area contributed by atoms with Gasteiger partial charge in [0.15, 0.2) is 11.5 Å². The average molecular weight is 843 g/mol. The van der Waals surface area contributed by atoms with Gasteiger partial charge in [-0.25, -0.2) is 18.3 Å². The van der Waals surface area contributed by atoms with E-state index in [1.54, 1.807) is 6.07 Å². The van der Waals surface area contributed by atoms with E-state index in [0.717, 1.165) is 62.4 Å². The summed E-state index contributed by atoms with van der Waals surface area (Å²) in [5.41, 5.74) is 11.2. The van der Waals surface area contributed by atoms with Gasteiger partial charge in [0.05, 0.1) is 29.8 Å². The van der Waals surface area contributed by atoms with Gasteiger partial charge in [0.2, 0.25) is 11.8 Å². The molecule has 2 aromatic carbocycles. The number of nitrogens with two attached hydrogens (primary N) is 1. The molecular weight excluding hydrogens is 790 g/mol. The van der Waals surface area contributed by atoms with Gasteiger partial charge in [-0.15, -0.1) is 5.10 Å². The molecule has 2 aromatic heterocycles. The summed E-state index contributed by atoms with van der Waals surface area (Å²) in [6.45, 7) is 4.88. The zero-order valence-electron chi connectivity index (χ0n) is 34.1. The lowest BCUT2D eigenvalue weighted by molar-refractivity contribution is -0.227. The number of anilines is 4. The van der Waals surface area contributed by atoms with E-state index < -0.39 is 23.2 Å². The Morgan fingerprint density at radius 1 is 0.967 bits per heavy atom. The molecule has 4 N–H and O–H groups in total. The van der Waals surface area contributed by atoms with E-state index in [-0.39, 0.29) is 30.5 Å². The van der Waals surface area contributed by atoms with E-state index in [1.165, 1.54) is 41.2 Å². The van der Waals surface area contributed by atoms with Crippen molar-refractivity contribution in [2.75, 3.05) is 74.5 Å². The number of carbonyl (C=O) groups excluding carboxylic acids is 3. The SMILES string of the molecule is C1CC1.CNc1cc(N2CCc3c(N4CCC(CN5CC6(CCN(Cc7ccc(Cl)c(C8CCC(=O)NC8=O)c7)CC6(F)F)C5)CC4)cccc32)nn2c(C(N)=O)cnc12. The number of likely N-dealkylation sites (tertiary alicyclic amines) is 2. The fourth-order valence-electron chi connectivity index (χ4n) is 9.86. The van der Waals surface area contributed by atoms with Crippen molar-refractivity contribution < 1.29 is 23.2 Å². The number of primary amides is 1. The van der Waals surface area contributed by atoms with Crippen molar-refractivity contribution in [1.29, 1.82) is 0 Å². The quantitative estimate of drug-likeness (QED) is 0.173. The number of nitrogens with one attached hydrogen (secondary N) is 2. The second-order valence-corrected chi connectivity index (χ2v) is 18.0. The molecule has 0 bridgehead atoms. The Morgan fingerprint density at radius 2 is 1.73 bits per heavy atom. The summed E-state index contributed by atoms with van der Waals surface area (Å²) in [5.74, 6) is -3.44. The number of rotatable bonds is 9. The normalized spacial score (nSPS) is 22.6. The highest BCUT2D eigenvalue weighted by molar-refractivity contribution is 6.31. The number of aromatic nitrogens is 3. The number of halogens is 3. The number of piperidine rings is 3. The number of imide groups is 1. The van der Waals surface area contributed by atoms with Crippen LogP contribution in [0.5, 0.6) is 0 Å². The molecule has 5 aliphatic heterocycles. The molecule has 13 nitrogen and oxygen atoms in total. The van der Waals surface area contributed by atoms with Crippen LogP contribution < -0.4 is 26.2 Å². The van der Waals surface area contributed by atoms with Crippen molar-refractivity contribution in [1.82, 2.24) is 29.7 Å². The third-order valence-electron chi connectivity index (χ3n) is 13.3. The third-order valence-corrected chi connectivity index (χ3v) is 13.7. The summed E-state index contributed by atoms with van der Waals surface area (Å²) < 4.78 is 33.4. The van der Waals surface area contributed by atoms with Crippen LogP contribution in [0.1, 0.15) is 84.5 Å². The monoisotopic (exact) mass is 842 g/mol. The number of amides is 3. The second kappa shape index (κ2) is 16.2. The second-order valence-electron chi connectivity index (χ2n) is 17.6. The molecule has 16 heteroatoms. The average Bonchev–Trinajstić information content (AvgIpc) is 3.93. The van der Waals surface area contributed by atoms with Gasteiger partial charge in [-0.1, -0.05) is 49.1 Å². The summed E-state index contributed by atoms with van der Waals surface area (Å²) >= 11 is 6.45. The number of nitrogens with zero attached hydrogens (tertiary/aromatic N) is 7. The summed E-state index contributed by atoms with van der Waals surface area (Å²) in [5, 5.41) is 10.8. The van der Waals surface area contributed by atoms with Gasteiger partial charge in [-0.3, -0.25) is 24.6 Å². The van der Waals surface area contributed by atoms with Crippen LogP contribution in [-0.4, -0.2) is 107 Å². The summed E-state index contributed by atoms with van der Waals surface area (Å²) in [4.78, 5) is 49.3. The van der Waals surface area contributed by atoms with Gasteiger partial charge in [-0.2, -0.15) is 0 Å². The van der Waals surface area contributed by atoms with Gasteiger partial charge >= 0.3 is 0 Å². The molecule has 3 amide bonds. The third kappa shape index (κ3) is 7.79. The standard InChI is InChI=1S/C41H47ClF2N10O3.C3H6/c1-46-31-18-35(49-54-34(37(45)56)19-47-38(31)54)53-15-11-28-32(3-2-4-33(28)53)52-13-9-25(10-14-52)20-51-22-40(23-51)12-16-50(24-41(40,43)44)21-26-5-7-30(42)29(17-26)27-6-8-36(55)48-39(27)57;1-2-3-1/h2-5,7,17-19,25,27,46H,6,8-16,20-24H2,1H3,(H2,45,56)(H,48,55,57);1-3H2. The Balaban J connectivity index is 0.00000148. The van der Waals surface area contributed by atoms with Crippen molar-refractivity contribution in [2.45, 2.75) is 76.2 Å². The Morgan fingerprint density at radius 3 is 2.43 bits per heavy atom. The van der Waals surface area contributed by atoms with Gasteiger partial charge in [0.1, 0.15) is 5.69 Å². The molecule has 1 spiro atoms. The molecule has 6 aliphatic rings. The topological polar surface area (TPSA) is 144 Å². The first-order valence-corrected chi connectivity index (χ1v) is 21.7. The van der Waals surface area contributed by atoms with E-state index >= 15 is 8.78 Å². The smallest absolute Gasteiger partial charge is 0.269 e. The fourth-order valence-corrected chi connectivity index (χ4v) is 10.1. The summed E-state index contributed by atoms with van der Waals surface area (Å²) in [6.07, 6.45) is 9.88. The number of benzene rings is 2. The van der Waals surface area contributed by atoms with Crippen molar-refractivity contribution in [3.63, 3.8) is 0 Å². The molecule has 1 atom stereocenters.